The van der Waals surface area contributed by atoms with Crippen LogP contribution in [0.2, 0.25) is 0 Å². The molecule has 0 aliphatic rings. The molecule has 0 radical (unpaired) electrons. The van der Waals surface area contributed by atoms with Gasteiger partial charge in [-0.05, 0) is 28.9 Å². The zero-order valence-corrected chi connectivity index (χ0v) is 7.78. The monoisotopic (exact) mass is 237 g/mol. The predicted molar refractivity (Wildman–Crippen MR) is 44.5 cm³/mol. The average molecular weight is 238 g/mol. The molecule has 1 N–H and O–H groups in total. The van der Waals surface area contributed by atoms with Crippen LogP contribution in [0.4, 0.5) is 8.78 Å². The standard InChI is InChI=1S/C7H6BrF2NO/c1-3-2-4(6(9)10)5(8)11-7(3)12/h2,6H,1H3,(H,11,12). The van der Waals surface area contributed by atoms with Crippen LogP contribution in [0.25, 0.3) is 0 Å². The van der Waals surface area contributed by atoms with Gasteiger partial charge >= 0.3 is 0 Å². The molecule has 0 spiro atoms. The molecule has 66 valence electrons. The van der Waals surface area contributed by atoms with Gasteiger partial charge in [-0.2, -0.15) is 0 Å². The van der Waals surface area contributed by atoms with E-state index < -0.39 is 6.43 Å². The zero-order chi connectivity index (χ0) is 9.30. The van der Waals surface area contributed by atoms with Crippen molar-refractivity contribution in [1.29, 1.82) is 0 Å². The molecular formula is C7H6BrF2NO. The van der Waals surface area contributed by atoms with Gasteiger partial charge in [-0.15, -0.1) is 0 Å². The lowest BCUT2D eigenvalue weighted by Crippen LogP contribution is -2.11. The van der Waals surface area contributed by atoms with Crippen LogP contribution in [0.15, 0.2) is 15.5 Å². The molecule has 1 rings (SSSR count). The summed E-state index contributed by atoms with van der Waals surface area (Å²) in [4.78, 5) is 13.2. The fourth-order valence-corrected chi connectivity index (χ4v) is 1.26. The summed E-state index contributed by atoms with van der Waals surface area (Å²) in [6.45, 7) is 1.48. The van der Waals surface area contributed by atoms with Crippen LogP contribution in [-0.4, -0.2) is 4.98 Å². The second-order valence-electron chi connectivity index (χ2n) is 2.35. The maximum Gasteiger partial charge on any atom is 0.266 e. The van der Waals surface area contributed by atoms with E-state index >= 15 is 0 Å². The Morgan fingerprint density at radius 3 is 2.67 bits per heavy atom. The molecule has 0 bridgehead atoms. The fraction of sp³-hybridized carbons (Fsp3) is 0.286. The Morgan fingerprint density at radius 2 is 2.17 bits per heavy atom. The number of rotatable bonds is 1. The van der Waals surface area contributed by atoms with Crippen molar-refractivity contribution < 1.29 is 8.78 Å². The Kier molecular flexibility index (Phi) is 2.62. The molecule has 0 unspecified atom stereocenters. The van der Waals surface area contributed by atoms with E-state index in [2.05, 4.69) is 20.9 Å². The number of hydrogen-bond acceptors (Lipinski definition) is 1. The molecule has 1 aromatic heterocycles. The Morgan fingerprint density at radius 1 is 1.58 bits per heavy atom. The highest BCUT2D eigenvalue weighted by Gasteiger charge is 2.12. The Balaban J connectivity index is 3.33. The molecule has 0 atom stereocenters. The summed E-state index contributed by atoms with van der Waals surface area (Å²) in [5, 5.41) is 0. The molecule has 1 heterocycles. The number of halogens is 3. The van der Waals surface area contributed by atoms with Crippen LogP contribution in [-0.2, 0) is 0 Å². The van der Waals surface area contributed by atoms with Gasteiger partial charge in [-0.1, -0.05) is 0 Å². The van der Waals surface area contributed by atoms with Crippen molar-refractivity contribution in [1.82, 2.24) is 4.98 Å². The van der Waals surface area contributed by atoms with Crippen LogP contribution < -0.4 is 5.56 Å². The van der Waals surface area contributed by atoms with Gasteiger partial charge in [0.2, 0.25) is 0 Å². The van der Waals surface area contributed by atoms with Crippen molar-refractivity contribution in [3.05, 3.63) is 32.2 Å². The minimum Gasteiger partial charge on any atom is -0.316 e. The largest absolute Gasteiger partial charge is 0.316 e. The Hall–Kier alpha value is -0.710. The summed E-state index contributed by atoms with van der Waals surface area (Å²) in [6, 6.07) is 1.17. The van der Waals surface area contributed by atoms with Crippen molar-refractivity contribution >= 4 is 15.9 Å². The van der Waals surface area contributed by atoms with Crippen molar-refractivity contribution in [3.63, 3.8) is 0 Å². The lowest BCUT2D eigenvalue weighted by Gasteiger charge is -2.02. The van der Waals surface area contributed by atoms with Gasteiger partial charge in [0.1, 0.15) is 0 Å². The number of aromatic nitrogens is 1. The van der Waals surface area contributed by atoms with Crippen LogP contribution in [0, 0.1) is 6.92 Å². The van der Waals surface area contributed by atoms with Gasteiger partial charge in [0.15, 0.2) is 0 Å². The fourth-order valence-electron chi connectivity index (χ4n) is 0.791. The topological polar surface area (TPSA) is 32.9 Å². The lowest BCUT2D eigenvalue weighted by molar-refractivity contribution is 0.150. The molecule has 0 saturated carbocycles. The van der Waals surface area contributed by atoms with Crippen LogP contribution in [0.1, 0.15) is 17.6 Å². The highest BCUT2D eigenvalue weighted by atomic mass is 79.9. The molecule has 1 aromatic rings. The first-order valence-electron chi connectivity index (χ1n) is 3.20. The van der Waals surface area contributed by atoms with Gasteiger partial charge < -0.3 is 4.98 Å². The summed E-state index contributed by atoms with van der Waals surface area (Å²) in [6.07, 6.45) is -2.57. The number of nitrogens with one attached hydrogen (secondary N) is 1. The predicted octanol–water partition coefficient (Wildman–Crippen LogP) is 2.38. The highest BCUT2D eigenvalue weighted by Crippen LogP contribution is 2.24. The minimum absolute atomic E-state index is 0.0492. The number of pyridine rings is 1. The number of aryl methyl sites for hydroxylation is 1. The quantitative estimate of drug-likeness (QED) is 0.748. The van der Waals surface area contributed by atoms with Crippen molar-refractivity contribution in [2.75, 3.05) is 0 Å². The van der Waals surface area contributed by atoms with E-state index in [0.29, 0.717) is 0 Å². The average Bonchev–Trinajstić information content (AvgIpc) is 1.96. The van der Waals surface area contributed by atoms with Crippen LogP contribution >= 0.6 is 15.9 Å². The second kappa shape index (κ2) is 3.35. The Labute approximate surface area is 75.7 Å². The molecule has 0 fully saturated rings. The SMILES string of the molecule is Cc1cc(C(F)F)c(Br)[nH]c1=O. The summed E-state index contributed by atoms with van der Waals surface area (Å²) in [5.74, 6) is 0. The van der Waals surface area contributed by atoms with Gasteiger partial charge in [0.05, 0.1) is 4.60 Å². The summed E-state index contributed by atoms with van der Waals surface area (Å²) < 4.78 is 24.4. The smallest absolute Gasteiger partial charge is 0.266 e. The minimum atomic E-state index is -2.57. The molecule has 0 amide bonds. The maximum absolute atomic E-state index is 12.2. The van der Waals surface area contributed by atoms with Gasteiger partial charge in [0, 0.05) is 11.1 Å². The normalized spacial score (nSPS) is 10.8. The van der Waals surface area contributed by atoms with Crippen molar-refractivity contribution in [2.45, 2.75) is 13.3 Å². The lowest BCUT2D eigenvalue weighted by atomic mass is 10.2. The van der Waals surface area contributed by atoms with Gasteiger partial charge in [-0.3, -0.25) is 4.79 Å². The zero-order valence-electron chi connectivity index (χ0n) is 6.20. The van der Waals surface area contributed by atoms with E-state index in [1.54, 1.807) is 0 Å². The Bertz CT molecular complexity index is 348. The first kappa shape index (κ1) is 9.38. The molecule has 0 saturated heterocycles. The van der Waals surface area contributed by atoms with E-state index in [0.717, 1.165) is 0 Å². The highest BCUT2D eigenvalue weighted by molar-refractivity contribution is 9.10. The molecule has 0 aliphatic heterocycles. The van der Waals surface area contributed by atoms with Crippen molar-refractivity contribution in [2.24, 2.45) is 0 Å². The summed E-state index contributed by atoms with van der Waals surface area (Å²) in [5.41, 5.74) is -0.258. The molecule has 5 heteroatoms. The van der Waals surface area contributed by atoms with E-state index in [9.17, 15) is 13.6 Å². The second-order valence-corrected chi connectivity index (χ2v) is 3.14. The molecule has 2 nitrogen and oxygen atoms in total. The third-order valence-electron chi connectivity index (χ3n) is 1.44. The number of aromatic amines is 1. The molecule has 12 heavy (non-hydrogen) atoms. The van der Waals surface area contributed by atoms with E-state index in [4.69, 9.17) is 0 Å². The number of hydrogen-bond donors (Lipinski definition) is 1. The molecule has 0 aromatic carbocycles. The van der Waals surface area contributed by atoms with Gasteiger partial charge in [0.25, 0.3) is 12.0 Å². The number of alkyl halides is 2. The summed E-state index contributed by atoms with van der Waals surface area (Å²) in [7, 11) is 0. The van der Waals surface area contributed by atoms with E-state index in [1.807, 2.05) is 0 Å². The summed E-state index contributed by atoms with van der Waals surface area (Å²) >= 11 is 2.85. The maximum atomic E-state index is 12.2. The van der Waals surface area contributed by atoms with E-state index in [-0.39, 0.29) is 21.3 Å². The molecule has 0 aliphatic carbocycles. The first-order valence-corrected chi connectivity index (χ1v) is 3.99. The van der Waals surface area contributed by atoms with Crippen LogP contribution in [0.3, 0.4) is 0 Å². The van der Waals surface area contributed by atoms with Crippen LogP contribution in [0.5, 0.6) is 0 Å². The third kappa shape index (κ3) is 1.72. The third-order valence-corrected chi connectivity index (χ3v) is 2.10. The van der Waals surface area contributed by atoms with Crippen molar-refractivity contribution in [3.8, 4) is 0 Å². The number of H-pyrrole nitrogens is 1. The van der Waals surface area contributed by atoms with Gasteiger partial charge in [-0.25, -0.2) is 8.78 Å². The first-order chi connectivity index (χ1) is 5.52. The van der Waals surface area contributed by atoms with E-state index in [1.165, 1.54) is 13.0 Å². The molecular weight excluding hydrogens is 232 g/mol.